The highest BCUT2D eigenvalue weighted by molar-refractivity contribution is 8.00. The van der Waals surface area contributed by atoms with Gasteiger partial charge in [0, 0.05) is 26.7 Å². The summed E-state index contributed by atoms with van der Waals surface area (Å²) in [5, 5.41) is 9.14. The van der Waals surface area contributed by atoms with Crippen LogP contribution >= 0.6 is 11.8 Å². The highest BCUT2D eigenvalue weighted by Crippen LogP contribution is 2.33. The molecule has 0 aromatic heterocycles. The molecule has 4 heteroatoms. The third kappa shape index (κ3) is 3.37. The van der Waals surface area contributed by atoms with E-state index >= 15 is 0 Å². The Bertz CT molecular complexity index is 231. The van der Waals surface area contributed by atoms with Gasteiger partial charge in [0.2, 0.25) is 0 Å². The van der Waals surface area contributed by atoms with Crippen LogP contribution in [0.2, 0.25) is 0 Å². The van der Waals surface area contributed by atoms with Crippen molar-refractivity contribution in [2.24, 2.45) is 0 Å². The molecule has 1 saturated heterocycles. The first kappa shape index (κ1) is 12.8. The van der Waals surface area contributed by atoms with Gasteiger partial charge in [0.25, 0.3) is 0 Å². The number of nitriles is 1. The van der Waals surface area contributed by atoms with Crippen LogP contribution in [0, 0.1) is 11.3 Å². The number of piperidine rings is 1. The monoisotopic (exact) mass is 228 g/mol. The van der Waals surface area contributed by atoms with Crippen LogP contribution in [0.5, 0.6) is 0 Å². The average Bonchev–Trinajstić information content (AvgIpc) is 2.30. The van der Waals surface area contributed by atoms with E-state index in [2.05, 4.69) is 17.9 Å². The quantitative estimate of drug-likeness (QED) is 0.734. The van der Waals surface area contributed by atoms with Gasteiger partial charge in [-0.3, -0.25) is 0 Å². The maximum atomic E-state index is 9.14. The van der Waals surface area contributed by atoms with E-state index in [-0.39, 0.29) is 10.9 Å². The minimum absolute atomic E-state index is 0.132. The predicted octanol–water partition coefficient (Wildman–Crippen LogP) is 1.74. The van der Waals surface area contributed by atoms with Crippen LogP contribution in [-0.4, -0.2) is 48.8 Å². The molecule has 0 spiro atoms. The molecule has 0 aromatic rings. The highest BCUT2D eigenvalue weighted by Gasteiger charge is 2.33. The molecular weight excluding hydrogens is 208 g/mol. The van der Waals surface area contributed by atoms with Crippen molar-refractivity contribution in [3.63, 3.8) is 0 Å². The molecular formula is C11H20N2OS. The predicted molar refractivity (Wildman–Crippen MR) is 64.0 cm³/mol. The van der Waals surface area contributed by atoms with Gasteiger partial charge in [-0.05, 0) is 26.0 Å². The molecule has 1 atom stereocenters. The average molecular weight is 228 g/mol. The van der Waals surface area contributed by atoms with Crippen molar-refractivity contribution in [2.45, 2.75) is 30.6 Å². The molecule has 1 unspecified atom stereocenters. The third-order valence-electron chi connectivity index (χ3n) is 3.18. The zero-order valence-electron chi connectivity index (χ0n) is 9.82. The Hall–Kier alpha value is -0.240. The number of nitrogens with zero attached hydrogens (tertiary/aromatic N) is 2. The smallest absolute Gasteiger partial charge is 0.104 e. The first-order valence-electron chi connectivity index (χ1n) is 5.37. The van der Waals surface area contributed by atoms with Crippen LogP contribution in [0.15, 0.2) is 0 Å². The topological polar surface area (TPSA) is 36.3 Å². The second kappa shape index (κ2) is 5.74. The van der Waals surface area contributed by atoms with Gasteiger partial charge >= 0.3 is 0 Å². The first-order valence-corrected chi connectivity index (χ1v) is 6.60. The van der Waals surface area contributed by atoms with Crippen LogP contribution in [0.1, 0.15) is 19.8 Å². The van der Waals surface area contributed by atoms with Crippen molar-refractivity contribution in [2.75, 3.05) is 33.0 Å². The number of ether oxygens (including phenoxy) is 1. The van der Waals surface area contributed by atoms with Gasteiger partial charge in [-0.2, -0.15) is 5.26 Å². The van der Waals surface area contributed by atoms with Gasteiger partial charge in [0.05, 0.1) is 12.2 Å². The zero-order valence-corrected chi connectivity index (χ0v) is 10.6. The van der Waals surface area contributed by atoms with Crippen molar-refractivity contribution in [3.05, 3.63) is 0 Å². The first-order chi connectivity index (χ1) is 7.15. The Balaban J connectivity index is 2.39. The van der Waals surface area contributed by atoms with Crippen molar-refractivity contribution < 1.29 is 4.74 Å². The van der Waals surface area contributed by atoms with Gasteiger partial charge in [-0.1, -0.05) is 0 Å². The van der Waals surface area contributed by atoms with E-state index in [1.807, 2.05) is 6.26 Å². The summed E-state index contributed by atoms with van der Waals surface area (Å²) in [6.45, 7) is 5.09. The molecule has 0 aromatic carbocycles. The molecule has 1 rings (SSSR count). The van der Waals surface area contributed by atoms with Crippen LogP contribution in [-0.2, 0) is 4.74 Å². The summed E-state index contributed by atoms with van der Waals surface area (Å²) in [7, 11) is 1.75. The van der Waals surface area contributed by atoms with Crippen LogP contribution < -0.4 is 0 Å². The molecule has 0 radical (unpaired) electrons. The van der Waals surface area contributed by atoms with Crippen LogP contribution in [0.4, 0.5) is 0 Å². The molecule has 1 fully saturated rings. The summed E-state index contributed by atoms with van der Waals surface area (Å²) in [6, 6.07) is 2.46. The Morgan fingerprint density at radius 1 is 1.53 bits per heavy atom. The molecule has 1 heterocycles. The van der Waals surface area contributed by atoms with Crippen LogP contribution in [0.25, 0.3) is 0 Å². The van der Waals surface area contributed by atoms with Crippen LogP contribution in [0.3, 0.4) is 0 Å². The maximum absolute atomic E-state index is 9.14. The maximum Gasteiger partial charge on any atom is 0.104 e. The number of rotatable bonds is 4. The lowest BCUT2D eigenvalue weighted by Crippen LogP contribution is -2.44. The molecule has 15 heavy (non-hydrogen) atoms. The van der Waals surface area contributed by atoms with Gasteiger partial charge in [0.15, 0.2) is 0 Å². The molecule has 1 aliphatic rings. The second-order valence-electron chi connectivity index (χ2n) is 4.16. The van der Waals surface area contributed by atoms with E-state index < -0.39 is 0 Å². The fourth-order valence-electron chi connectivity index (χ4n) is 1.90. The standard InChI is InChI=1S/C11H20N2OS/c1-10(14-2)8-13-6-4-11(9-12,15-3)5-7-13/h10H,4-8H2,1-3H3. The summed E-state index contributed by atoms with van der Waals surface area (Å²) in [5.41, 5.74) is 0. The van der Waals surface area contributed by atoms with Gasteiger partial charge in [-0.15, -0.1) is 11.8 Å². The van der Waals surface area contributed by atoms with E-state index in [0.29, 0.717) is 0 Å². The zero-order chi connectivity index (χ0) is 11.3. The summed E-state index contributed by atoms with van der Waals surface area (Å²) >= 11 is 1.70. The van der Waals surface area contributed by atoms with Crippen molar-refractivity contribution in [1.82, 2.24) is 4.90 Å². The van der Waals surface area contributed by atoms with E-state index in [1.54, 1.807) is 18.9 Å². The van der Waals surface area contributed by atoms with E-state index in [9.17, 15) is 0 Å². The largest absolute Gasteiger partial charge is 0.380 e. The Morgan fingerprint density at radius 3 is 2.53 bits per heavy atom. The summed E-state index contributed by atoms with van der Waals surface area (Å²) in [6.07, 6.45) is 4.27. The molecule has 0 bridgehead atoms. The third-order valence-corrected chi connectivity index (χ3v) is 4.46. The van der Waals surface area contributed by atoms with E-state index in [0.717, 1.165) is 32.5 Å². The fraction of sp³-hybridized carbons (Fsp3) is 0.909. The van der Waals surface area contributed by atoms with Gasteiger partial charge < -0.3 is 9.64 Å². The SMILES string of the molecule is COC(C)CN1CCC(C#N)(SC)CC1. The lowest BCUT2D eigenvalue weighted by Gasteiger charge is -2.36. The minimum atomic E-state index is -0.132. The normalized spacial score (nSPS) is 23.3. The van der Waals surface area contributed by atoms with Crippen molar-refractivity contribution in [1.29, 1.82) is 5.26 Å². The number of hydrogen-bond donors (Lipinski definition) is 0. The van der Waals surface area contributed by atoms with Crippen molar-refractivity contribution in [3.8, 4) is 6.07 Å². The Morgan fingerprint density at radius 2 is 2.13 bits per heavy atom. The number of hydrogen-bond acceptors (Lipinski definition) is 4. The number of thioether (sulfide) groups is 1. The fourth-order valence-corrected chi connectivity index (χ4v) is 2.58. The highest BCUT2D eigenvalue weighted by atomic mass is 32.2. The summed E-state index contributed by atoms with van der Waals surface area (Å²) in [4.78, 5) is 2.39. The van der Waals surface area contributed by atoms with E-state index in [1.165, 1.54) is 0 Å². The molecule has 86 valence electrons. The van der Waals surface area contributed by atoms with E-state index in [4.69, 9.17) is 10.00 Å². The Labute approximate surface area is 96.8 Å². The molecule has 0 saturated carbocycles. The molecule has 1 aliphatic heterocycles. The lowest BCUT2D eigenvalue weighted by atomic mass is 9.97. The minimum Gasteiger partial charge on any atom is -0.380 e. The molecule has 0 aliphatic carbocycles. The number of likely N-dealkylation sites (tertiary alicyclic amines) is 1. The summed E-state index contributed by atoms with van der Waals surface area (Å²) < 4.78 is 5.11. The van der Waals surface area contributed by atoms with Crippen molar-refractivity contribution >= 4 is 11.8 Å². The van der Waals surface area contributed by atoms with Gasteiger partial charge in [0.1, 0.15) is 4.75 Å². The summed E-state index contributed by atoms with van der Waals surface area (Å²) in [5.74, 6) is 0. The Kier molecular flexibility index (Phi) is 4.91. The number of methoxy groups -OCH3 is 1. The lowest BCUT2D eigenvalue weighted by molar-refractivity contribution is 0.0682. The molecule has 0 amide bonds. The van der Waals surface area contributed by atoms with Gasteiger partial charge in [-0.25, -0.2) is 0 Å². The second-order valence-corrected chi connectivity index (χ2v) is 5.35. The molecule has 0 N–H and O–H groups in total. The molecule has 3 nitrogen and oxygen atoms in total.